The predicted molar refractivity (Wildman–Crippen MR) is 71.6 cm³/mol. The highest BCUT2D eigenvalue weighted by Gasteiger charge is 2.18. The van der Waals surface area contributed by atoms with Crippen LogP contribution in [0, 0.1) is 6.92 Å². The fraction of sp³-hybridized carbons (Fsp3) is 0.333. The Morgan fingerprint density at radius 3 is 2.30 bits per heavy atom. The van der Waals surface area contributed by atoms with Crippen molar-refractivity contribution in [3.8, 4) is 0 Å². The number of hydrogen-bond donors (Lipinski definition) is 3. The number of aliphatic carboxylic acids is 1. The van der Waals surface area contributed by atoms with Crippen LogP contribution < -0.4 is 10.0 Å². The summed E-state index contributed by atoms with van der Waals surface area (Å²) in [5.41, 5.74) is 0.914. The Morgan fingerprint density at radius 1 is 1.25 bits per heavy atom. The fourth-order valence-corrected chi connectivity index (χ4v) is 2.30. The molecule has 0 saturated heterocycles. The normalized spacial score (nSPS) is 12.7. The molecule has 3 N–H and O–H groups in total. The van der Waals surface area contributed by atoms with Gasteiger partial charge in [0.25, 0.3) is 0 Å². The molecule has 1 rings (SSSR count). The van der Waals surface area contributed by atoms with Crippen LogP contribution in [-0.4, -0.2) is 38.0 Å². The second-order valence-corrected chi connectivity index (χ2v) is 6.03. The van der Waals surface area contributed by atoms with E-state index in [0.717, 1.165) is 5.56 Å². The van der Waals surface area contributed by atoms with Crippen molar-refractivity contribution in [2.75, 3.05) is 6.54 Å². The Balaban J connectivity index is 2.62. The van der Waals surface area contributed by atoms with Gasteiger partial charge in [0.15, 0.2) is 0 Å². The summed E-state index contributed by atoms with van der Waals surface area (Å²) in [6, 6.07) is 5.05. The molecule has 1 aromatic carbocycles. The molecule has 0 fully saturated rings. The van der Waals surface area contributed by atoms with Gasteiger partial charge in [0.1, 0.15) is 6.04 Å². The largest absolute Gasteiger partial charge is 0.480 e. The third-order valence-electron chi connectivity index (χ3n) is 2.50. The zero-order valence-corrected chi connectivity index (χ0v) is 11.9. The van der Waals surface area contributed by atoms with E-state index in [2.05, 4.69) is 10.0 Å². The number of nitrogens with one attached hydrogen (secondary N) is 2. The molecule has 1 aromatic rings. The van der Waals surface area contributed by atoms with Crippen LogP contribution in [-0.2, 0) is 19.6 Å². The molecule has 0 aliphatic heterocycles. The Kier molecular flexibility index (Phi) is 5.23. The summed E-state index contributed by atoms with van der Waals surface area (Å²) in [5, 5.41) is 10.8. The molecule has 0 saturated carbocycles. The maximum absolute atomic E-state index is 11.9. The molecule has 20 heavy (non-hydrogen) atoms. The maximum atomic E-state index is 11.9. The van der Waals surface area contributed by atoms with Crippen molar-refractivity contribution in [1.82, 2.24) is 10.0 Å². The first-order valence-electron chi connectivity index (χ1n) is 5.81. The first-order valence-corrected chi connectivity index (χ1v) is 7.29. The lowest BCUT2D eigenvalue weighted by atomic mass is 10.2. The summed E-state index contributed by atoms with van der Waals surface area (Å²) in [5.74, 6) is -1.91. The molecular formula is C12H16N2O5S. The molecule has 0 heterocycles. The monoisotopic (exact) mass is 300 g/mol. The number of sulfonamides is 1. The Labute approximate surface area is 117 Å². The Hall–Kier alpha value is -1.93. The van der Waals surface area contributed by atoms with Gasteiger partial charge < -0.3 is 10.4 Å². The lowest BCUT2D eigenvalue weighted by Crippen LogP contribution is -2.43. The molecule has 0 unspecified atom stereocenters. The molecule has 0 aromatic heterocycles. The average Bonchev–Trinajstić information content (AvgIpc) is 2.37. The number of carboxylic acids is 1. The van der Waals surface area contributed by atoms with Crippen molar-refractivity contribution in [2.45, 2.75) is 24.8 Å². The first kappa shape index (κ1) is 16.1. The molecule has 0 spiro atoms. The van der Waals surface area contributed by atoms with Crippen LogP contribution in [0.2, 0.25) is 0 Å². The van der Waals surface area contributed by atoms with E-state index < -0.39 is 34.5 Å². The smallest absolute Gasteiger partial charge is 0.325 e. The van der Waals surface area contributed by atoms with Crippen molar-refractivity contribution >= 4 is 21.9 Å². The highest BCUT2D eigenvalue weighted by Crippen LogP contribution is 2.09. The number of carbonyl (C=O) groups excluding carboxylic acids is 1. The molecule has 8 heteroatoms. The van der Waals surface area contributed by atoms with Crippen LogP contribution in [0.15, 0.2) is 29.2 Å². The zero-order chi connectivity index (χ0) is 15.3. The van der Waals surface area contributed by atoms with Crippen molar-refractivity contribution in [3.05, 3.63) is 29.8 Å². The highest BCUT2D eigenvalue weighted by atomic mass is 32.2. The van der Waals surface area contributed by atoms with Crippen LogP contribution in [0.1, 0.15) is 12.5 Å². The molecule has 1 atom stereocenters. The average molecular weight is 300 g/mol. The number of rotatable bonds is 6. The van der Waals surface area contributed by atoms with E-state index in [-0.39, 0.29) is 4.90 Å². The molecule has 0 bridgehead atoms. The van der Waals surface area contributed by atoms with Gasteiger partial charge in [0, 0.05) is 0 Å². The maximum Gasteiger partial charge on any atom is 0.325 e. The fourth-order valence-electron chi connectivity index (χ4n) is 1.32. The SMILES string of the molecule is Cc1ccc(S(=O)(=O)NCC(=O)N[C@H](C)C(=O)O)cc1. The number of aryl methyl sites for hydroxylation is 1. The summed E-state index contributed by atoms with van der Waals surface area (Å²) in [7, 11) is -3.79. The number of carbonyl (C=O) groups is 2. The summed E-state index contributed by atoms with van der Waals surface area (Å²) in [6.45, 7) is 2.59. The molecular weight excluding hydrogens is 284 g/mol. The van der Waals surface area contributed by atoms with E-state index >= 15 is 0 Å². The first-order chi connectivity index (χ1) is 9.22. The van der Waals surface area contributed by atoms with Crippen molar-refractivity contribution in [3.63, 3.8) is 0 Å². The van der Waals surface area contributed by atoms with Gasteiger partial charge in [-0.1, -0.05) is 17.7 Å². The van der Waals surface area contributed by atoms with E-state index in [1.54, 1.807) is 12.1 Å². The summed E-state index contributed by atoms with van der Waals surface area (Å²) < 4.78 is 25.8. The minimum Gasteiger partial charge on any atom is -0.480 e. The topological polar surface area (TPSA) is 113 Å². The third-order valence-corrected chi connectivity index (χ3v) is 3.92. The highest BCUT2D eigenvalue weighted by molar-refractivity contribution is 7.89. The summed E-state index contributed by atoms with van der Waals surface area (Å²) in [6.07, 6.45) is 0. The van der Waals surface area contributed by atoms with Crippen molar-refractivity contribution < 1.29 is 23.1 Å². The van der Waals surface area contributed by atoms with Gasteiger partial charge in [0.05, 0.1) is 11.4 Å². The van der Waals surface area contributed by atoms with E-state index in [0.29, 0.717) is 0 Å². The van der Waals surface area contributed by atoms with Crippen LogP contribution in [0.25, 0.3) is 0 Å². The summed E-state index contributed by atoms with van der Waals surface area (Å²) >= 11 is 0. The molecule has 7 nitrogen and oxygen atoms in total. The van der Waals surface area contributed by atoms with Crippen LogP contribution >= 0.6 is 0 Å². The van der Waals surface area contributed by atoms with Crippen molar-refractivity contribution in [2.24, 2.45) is 0 Å². The van der Waals surface area contributed by atoms with E-state index in [1.807, 2.05) is 6.92 Å². The molecule has 1 amide bonds. The van der Waals surface area contributed by atoms with Crippen LogP contribution in [0.5, 0.6) is 0 Å². The second-order valence-electron chi connectivity index (χ2n) is 4.27. The van der Waals surface area contributed by atoms with E-state index in [1.165, 1.54) is 19.1 Å². The van der Waals surface area contributed by atoms with Gasteiger partial charge in [-0.2, -0.15) is 0 Å². The van der Waals surface area contributed by atoms with Gasteiger partial charge in [-0.3, -0.25) is 9.59 Å². The molecule has 0 aliphatic rings. The van der Waals surface area contributed by atoms with Gasteiger partial charge in [-0.25, -0.2) is 13.1 Å². The molecule has 0 aliphatic carbocycles. The second kappa shape index (κ2) is 6.49. The lowest BCUT2D eigenvalue weighted by molar-refractivity contribution is -0.141. The van der Waals surface area contributed by atoms with E-state index in [9.17, 15) is 18.0 Å². The Bertz CT molecular complexity index is 595. The predicted octanol–water partition coefficient (Wildman–Crippen LogP) is -0.137. The minimum absolute atomic E-state index is 0.0437. The quantitative estimate of drug-likeness (QED) is 0.677. The molecule has 110 valence electrons. The van der Waals surface area contributed by atoms with Gasteiger partial charge >= 0.3 is 5.97 Å². The summed E-state index contributed by atoms with van der Waals surface area (Å²) in [4.78, 5) is 22.0. The lowest BCUT2D eigenvalue weighted by Gasteiger charge is -2.10. The van der Waals surface area contributed by atoms with Gasteiger partial charge in [0.2, 0.25) is 15.9 Å². The number of hydrogen-bond acceptors (Lipinski definition) is 4. The van der Waals surface area contributed by atoms with Crippen LogP contribution in [0.3, 0.4) is 0 Å². The Morgan fingerprint density at radius 2 is 1.80 bits per heavy atom. The van der Waals surface area contributed by atoms with E-state index in [4.69, 9.17) is 5.11 Å². The standard InChI is InChI=1S/C12H16N2O5S/c1-8-3-5-10(6-4-8)20(18,19)13-7-11(15)14-9(2)12(16)17/h3-6,9,13H,7H2,1-2H3,(H,14,15)(H,16,17)/t9-/m1/s1. The zero-order valence-electron chi connectivity index (χ0n) is 11.1. The van der Waals surface area contributed by atoms with Crippen molar-refractivity contribution in [1.29, 1.82) is 0 Å². The minimum atomic E-state index is -3.79. The number of carboxylic acid groups (broad SMARTS) is 1. The molecule has 0 radical (unpaired) electrons. The van der Waals surface area contributed by atoms with Crippen LogP contribution in [0.4, 0.5) is 0 Å². The van der Waals surface area contributed by atoms with Gasteiger partial charge in [-0.15, -0.1) is 0 Å². The third kappa shape index (κ3) is 4.63. The number of benzene rings is 1. The number of amides is 1. The van der Waals surface area contributed by atoms with Gasteiger partial charge in [-0.05, 0) is 26.0 Å².